The van der Waals surface area contributed by atoms with Crippen molar-refractivity contribution in [1.82, 2.24) is 15.7 Å². The van der Waals surface area contributed by atoms with E-state index in [0.29, 0.717) is 23.5 Å². The Morgan fingerprint density at radius 2 is 1.49 bits per heavy atom. The fraction of sp³-hybridized carbons (Fsp3) is 0.350. The molecule has 0 bridgehead atoms. The van der Waals surface area contributed by atoms with Gasteiger partial charge in [-0.15, -0.1) is 0 Å². The number of nitrogens with two attached hydrogens (primary N) is 1. The van der Waals surface area contributed by atoms with Crippen molar-refractivity contribution in [2.24, 2.45) is 17.6 Å². The molecule has 51 heavy (non-hydrogen) atoms. The van der Waals surface area contributed by atoms with Crippen LogP contribution in [0.4, 0.5) is 0 Å². The Bertz CT molecular complexity index is 1790. The summed E-state index contributed by atoms with van der Waals surface area (Å²) in [5.41, 5.74) is 7.82. The van der Waals surface area contributed by atoms with Gasteiger partial charge in [0.1, 0.15) is 30.2 Å². The first kappa shape index (κ1) is 38.4. The van der Waals surface area contributed by atoms with Crippen LogP contribution < -0.4 is 25.8 Å². The number of rotatable bonds is 18. The lowest BCUT2D eigenvalue weighted by atomic mass is 9.91. The van der Waals surface area contributed by atoms with E-state index in [0.717, 1.165) is 21.9 Å². The molecule has 0 aliphatic carbocycles. The average molecular weight is 697 g/mol. The SMILES string of the molecule is COc1ccc(CN(OCc2ccccc2)C(=O)C[C@@H](CC(C)C)C(=O)N[C@@H](Cc2cccc3ccccc23)C(=O)NC(C)C(N)=O)c(OC)c1. The largest absolute Gasteiger partial charge is 0.497 e. The molecule has 0 spiro atoms. The van der Waals surface area contributed by atoms with Crippen LogP contribution in [0.3, 0.4) is 0 Å². The summed E-state index contributed by atoms with van der Waals surface area (Å²) in [6.45, 7) is 5.58. The van der Waals surface area contributed by atoms with Crippen molar-refractivity contribution < 1.29 is 33.5 Å². The maximum atomic E-state index is 14.1. The van der Waals surface area contributed by atoms with E-state index in [9.17, 15) is 19.2 Å². The lowest BCUT2D eigenvalue weighted by molar-refractivity contribution is -0.197. The average Bonchev–Trinajstić information content (AvgIpc) is 3.12. The molecule has 4 aromatic rings. The molecule has 4 N–H and O–H groups in total. The number of hydrogen-bond donors (Lipinski definition) is 3. The molecule has 0 fully saturated rings. The number of amides is 4. The van der Waals surface area contributed by atoms with E-state index in [2.05, 4.69) is 10.6 Å². The Balaban J connectivity index is 1.60. The van der Waals surface area contributed by atoms with E-state index < -0.39 is 41.6 Å². The molecule has 0 aliphatic rings. The zero-order valence-electron chi connectivity index (χ0n) is 29.9. The summed E-state index contributed by atoms with van der Waals surface area (Å²) in [5.74, 6) is -1.78. The topological polar surface area (TPSA) is 149 Å². The molecule has 4 rings (SSSR count). The lowest BCUT2D eigenvalue weighted by Gasteiger charge is -2.27. The van der Waals surface area contributed by atoms with E-state index in [4.69, 9.17) is 20.0 Å². The molecule has 0 saturated heterocycles. The van der Waals surface area contributed by atoms with Crippen LogP contribution in [0, 0.1) is 11.8 Å². The summed E-state index contributed by atoms with van der Waals surface area (Å²) >= 11 is 0. The number of ether oxygens (including phenoxy) is 2. The van der Waals surface area contributed by atoms with Crippen molar-refractivity contribution in [2.45, 2.75) is 65.3 Å². The first-order chi connectivity index (χ1) is 24.5. The van der Waals surface area contributed by atoms with Crippen molar-refractivity contribution in [2.75, 3.05) is 14.2 Å². The van der Waals surface area contributed by atoms with Crippen LogP contribution in [-0.4, -0.2) is 55.0 Å². The fourth-order valence-electron chi connectivity index (χ4n) is 5.81. The van der Waals surface area contributed by atoms with Gasteiger partial charge in [-0.1, -0.05) is 86.6 Å². The molecule has 11 heteroatoms. The first-order valence-corrected chi connectivity index (χ1v) is 17.0. The zero-order valence-corrected chi connectivity index (χ0v) is 29.9. The van der Waals surface area contributed by atoms with Crippen molar-refractivity contribution in [3.63, 3.8) is 0 Å². The fourth-order valence-corrected chi connectivity index (χ4v) is 5.81. The number of methoxy groups -OCH3 is 2. The van der Waals surface area contributed by atoms with Gasteiger partial charge in [0.25, 0.3) is 0 Å². The molecule has 0 aromatic heterocycles. The highest BCUT2D eigenvalue weighted by molar-refractivity contribution is 5.94. The van der Waals surface area contributed by atoms with E-state index in [1.165, 1.54) is 19.1 Å². The Labute approximate surface area is 299 Å². The molecule has 0 aliphatic heterocycles. The van der Waals surface area contributed by atoms with Crippen LogP contribution in [0.1, 0.15) is 50.3 Å². The van der Waals surface area contributed by atoms with E-state index in [1.807, 2.05) is 86.6 Å². The van der Waals surface area contributed by atoms with Crippen LogP contribution >= 0.6 is 0 Å². The Morgan fingerprint density at radius 3 is 2.18 bits per heavy atom. The molecule has 4 amide bonds. The summed E-state index contributed by atoms with van der Waals surface area (Å²) in [5, 5.41) is 8.72. The highest BCUT2D eigenvalue weighted by Crippen LogP contribution is 2.27. The van der Waals surface area contributed by atoms with Gasteiger partial charge >= 0.3 is 0 Å². The third-order valence-corrected chi connectivity index (χ3v) is 8.59. The third-order valence-electron chi connectivity index (χ3n) is 8.59. The number of primary amides is 1. The van der Waals surface area contributed by atoms with E-state index >= 15 is 0 Å². The highest BCUT2D eigenvalue weighted by Gasteiger charge is 2.31. The van der Waals surface area contributed by atoms with E-state index in [-0.39, 0.29) is 31.9 Å². The maximum absolute atomic E-state index is 14.1. The summed E-state index contributed by atoms with van der Waals surface area (Å²) in [7, 11) is 3.09. The molecule has 11 nitrogen and oxygen atoms in total. The van der Waals surface area contributed by atoms with Gasteiger partial charge in [-0.2, -0.15) is 0 Å². The monoisotopic (exact) mass is 696 g/mol. The van der Waals surface area contributed by atoms with Gasteiger partial charge in [-0.3, -0.25) is 24.0 Å². The summed E-state index contributed by atoms with van der Waals surface area (Å²) in [4.78, 5) is 59.7. The minimum atomic E-state index is -1.05. The summed E-state index contributed by atoms with van der Waals surface area (Å²) in [6.07, 6.45) is 0.337. The summed E-state index contributed by atoms with van der Waals surface area (Å²) in [6, 6.07) is 26.3. The molecular weight excluding hydrogens is 648 g/mol. The Hall–Kier alpha value is -5.42. The van der Waals surface area contributed by atoms with Crippen LogP contribution in [0.5, 0.6) is 11.5 Å². The molecule has 270 valence electrons. The van der Waals surface area contributed by atoms with Crippen LogP contribution in [0.15, 0.2) is 91.0 Å². The third kappa shape index (κ3) is 11.0. The molecule has 4 aromatic carbocycles. The number of benzene rings is 4. The lowest BCUT2D eigenvalue weighted by Crippen LogP contribution is -2.54. The number of nitrogens with one attached hydrogen (secondary N) is 2. The van der Waals surface area contributed by atoms with Gasteiger partial charge in [-0.25, -0.2) is 5.06 Å². The predicted molar refractivity (Wildman–Crippen MR) is 195 cm³/mol. The zero-order chi connectivity index (χ0) is 36.9. The van der Waals surface area contributed by atoms with Gasteiger partial charge in [-0.05, 0) is 53.3 Å². The highest BCUT2D eigenvalue weighted by atomic mass is 16.7. The number of nitrogens with zero attached hydrogens (tertiary/aromatic N) is 1. The normalized spacial score (nSPS) is 12.8. The van der Waals surface area contributed by atoms with Crippen molar-refractivity contribution >= 4 is 34.4 Å². The van der Waals surface area contributed by atoms with Crippen molar-refractivity contribution in [3.05, 3.63) is 108 Å². The van der Waals surface area contributed by atoms with Crippen LogP contribution in [0.25, 0.3) is 10.8 Å². The number of fused-ring (bicyclic) bond motifs is 1. The van der Waals surface area contributed by atoms with Crippen LogP contribution in [-0.2, 0) is 43.6 Å². The predicted octanol–water partition coefficient (Wildman–Crippen LogP) is 5.09. The Morgan fingerprint density at radius 1 is 0.784 bits per heavy atom. The van der Waals surface area contributed by atoms with Gasteiger partial charge in [0, 0.05) is 30.4 Å². The smallest absolute Gasteiger partial charge is 0.247 e. The minimum absolute atomic E-state index is 0.0476. The maximum Gasteiger partial charge on any atom is 0.247 e. The van der Waals surface area contributed by atoms with Crippen LogP contribution in [0.2, 0.25) is 0 Å². The van der Waals surface area contributed by atoms with Gasteiger partial charge in [0.05, 0.1) is 20.8 Å². The second kappa shape index (κ2) is 18.5. The minimum Gasteiger partial charge on any atom is -0.497 e. The number of hydroxylamine groups is 2. The van der Waals surface area contributed by atoms with Crippen molar-refractivity contribution in [3.8, 4) is 11.5 Å². The first-order valence-electron chi connectivity index (χ1n) is 17.0. The standard InChI is InChI=1S/C40H48N4O7/c1-26(2)20-32(22-37(45)44(51-25-28-12-7-6-8-13-28)24-31-18-19-33(49-4)23-36(31)50-5)39(47)43-35(40(48)42-27(3)38(41)46)21-30-16-11-15-29-14-9-10-17-34(29)30/h6-19,23,26-27,32,35H,20-22,24-25H2,1-5H3,(H2,41,46)(H,42,48)(H,43,47)/t27?,32-,35+/m1/s1. The molecule has 0 radical (unpaired) electrons. The van der Waals surface area contributed by atoms with Gasteiger partial charge in [0.2, 0.25) is 23.6 Å². The molecular formula is C40H48N4O7. The number of hydrogen-bond acceptors (Lipinski definition) is 7. The second-order valence-corrected chi connectivity index (χ2v) is 12.9. The second-order valence-electron chi connectivity index (χ2n) is 12.9. The molecule has 0 saturated carbocycles. The Kier molecular flexibility index (Phi) is 14.0. The van der Waals surface area contributed by atoms with Crippen molar-refractivity contribution in [1.29, 1.82) is 0 Å². The molecule has 3 atom stereocenters. The quantitative estimate of drug-likeness (QED) is 0.123. The van der Waals surface area contributed by atoms with Gasteiger partial charge in [0.15, 0.2) is 0 Å². The van der Waals surface area contributed by atoms with Gasteiger partial charge < -0.3 is 25.8 Å². The summed E-state index contributed by atoms with van der Waals surface area (Å²) < 4.78 is 10.9. The number of carbonyl (C=O) groups excluding carboxylic acids is 4. The number of carbonyl (C=O) groups is 4. The molecule has 1 unspecified atom stereocenters. The van der Waals surface area contributed by atoms with E-state index in [1.54, 1.807) is 25.3 Å². The molecule has 0 heterocycles.